The number of Topliss-reactive ketones (excluding diaryl/α,β-unsaturated/α-hetero) is 1. The molecule has 0 aromatic rings. The van der Waals surface area contributed by atoms with E-state index in [-0.39, 0.29) is 17.9 Å². The lowest BCUT2D eigenvalue weighted by Gasteiger charge is -2.08. The van der Waals surface area contributed by atoms with Crippen LogP contribution in [0.4, 0.5) is 0 Å². The van der Waals surface area contributed by atoms with Crippen LogP contribution in [0.25, 0.3) is 0 Å². The predicted octanol–water partition coefficient (Wildman–Crippen LogP) is 3.08. The van der Waals surface area contributed by atoms with Crippen LogP contribution in [0.2, 0.25) is 0 Å². The van der Waals surface area contributed by atoms with E-state index in [1.807, 2.05) is 27.7 Å². The maximum atomic E-state index is 11.3. The molecule has 0 aliphatic heterocycles. The van der Waals surface area contributed by atoms with Gasteiger partial charge in [-0.1, -0.05) is 26.7 Å². The normalized spacial score (nSPS) is 10.9. The Hall–Kier alpha value is -0.860. The predicted molar refractivity (Wildman–Crippen MR) is 70.8 cm³/mol. The van der Waals surface area contributed by atoms with Crippen molar-refractivity contribution in [1.29, 1.82) is 0 Å². The van der Waals surface area contributed by atoms with Crippen molar-refractivity contribution in [2.24, 2.45) is 5.92 Å². The number of carbonyl (C=O) groups is 2. The van der Waals surface area contributed by atoms with Crippen molar-refractivity contribution in [2.75, 3.05) is 0 Å². The minimum Gasteiger partial charge on any atom is -0.354 e. The number of carbonyl (C=O) groups excluding carboxylic acids is 2. The van der Waals surface area contributed by atoms with E-state index in [0.717, 1.165) is 25.7 Å². The Morgan fingerprint density at radius 2 is 1.41 bits per heavy atom. The van der Waals surface area contributed by atoms with E-state index in [1.54, 1.807) is 0 Å². The highest BCUT2D eigenvalue weighted by atomic mass is 16.1. The summed E-state index contributed by atoms with van der Waals surface area (Å²) < 4.78 is 0. The molecule has 0 fully saturated rings. The van der Waals surface area contributed by atoms with Crippen LogP contribution in [-0.2, 0) is 9.59 Å². The first-order valence-corrected chi connectivity index (χ1v) is 6.75. The third kappa shape index (κ3) is 10.0. The van der Waals surface area contributed by atoms with Crippen LogP contribution in [0, 0.1) is 5.92 Å². The van der Waals surface area contributed by atoms with Crippen molar-refractivity contribution in [3.63, 3.8) is 0 Å². The van der Waals surface area contributed by atoms with E-state index in [9.17, 15) is 9.59 Å². The molecule has 3 heteroatoms. The molecule has 0 atom stereocenters. The third-order valence-electron chi connectivity index (χ3n) is 2.67. The second kappa shape index (κ2) is 9.20. The smallest absolute Gasteiger partial charge is 0.220 e. The van der Waals surface area contributed by atoms with Gasteiger partial charge in [-0.2, -0.15) is 0 Å². The first-order valence-electron chi connectivity index (χ1n) is 6.75. The fourth-order valence-corrected chi connectivity index (χ4v) is 1.62. The summed E-state index contributed by atoms with van der Waals surface area (Å²) in [5.74, 6) is 0.646. The fourth-order valence-electron chi connectivity index (χ4n) is 1.62. The van der Waals surface area contributed by atoms with Crippen molar-refractivity contribution in [2.45, 2.75) is 72.3 Å². The topological polar surface area (TPSA) is 46.2 Å². The van der Waals surface area contributed by atoms with Crippen LogP contribution in [0.1, 0.15) is 66.2 Å². The van der Waals surface area contributed by atoms with Gasteiger partial charge in [0, 0.05) is 24.8 Å². The summed E-state index contributed by atoms with van der Waals surface area (Å²) in [6, 6.07) is 0.228. The number of amides is 1. The standard InChI is InChI=1S/C14H27NO2/c1-11(2)13(16)9-7-5-6-8-10-14(17)15-12(3)4/h11-12H,5-10H2,1-4H3,(H,15,17). The van der Waals surface area contributed by atoms with Crippen molar-refractivity contribution in [1.82, 2.24) is 5.32 Å². The summed E-state index contributed by atoms with van der Waals surface area (Å²) in [6.07, 6.45) is 5.27. The Bertz CT molecular complexity index is 234. The molecule has 0 aliphatic carbocycles. The van der Waals surface area contributed by atoms with Crippen LogP contribution >= 0.6 is 0 Å². The van der Waals surface area contributed by atoms with E-state index in [0.29, 0.717) is 18.6 Å². The van der Waals surface area contributed by atoms with Gasteiger partial charge in [0.1, 0.15) is 5.78 Å². The lowest BCUT2D eigenvalue weighted by Crippen LogP contribution is -2.29. The largest absolute Gasteiger partial charge is 0.354 e. The zero-order valence-electron chi connectivity index (χ0n) is 11.7. The maximum Gasteiger partial charge on any atom is 0.220 e. The number of hydrogen-bond donors (Lipinski definition) is 1. The quantitative estimate of drug-likeness (QED) is 0.631. The first-order chi connectivity index (χ1) is 7.93. The van der Waals surface area contributed by atoms with Gasteiger partial charge < -0.3 is 5.32 Å². The van der Waals surface area contributed by atoms with Crippen LogP contribution in [0.3, 0.4) is 0 Å². The van der Waals surface area contributed by atoms with Gasteiger partial charge in [-0.15, -0.1) is 0 Å². The Morgan fingerprint density at radius 1 is 0.882 bits per heavy atom. The van der Waals surface area contributed by atoms with Crippen LogP contribution in [0.5, 0.6) is 0 Å². The number of hydrogen-bond acceptors (Lipinski definition) is 2. The van der Waals surface area contributed by atoms with E-state index < -0.39 is 0 Å². The molecule has 17 heavy (non-hydrogen) atoms. The highest BCUT2D eigenvalue weighted by Gasteiger charge is 2.06. The van der Waals surface area contributed by atoms with Gasteiger partial charge in [0.15, 0.2) is 0 Å². The van der Waals surface area contributed by atoms with E-state index >= 15 is 0 Å². The SMILES string of the molecule is CC(C)NC(=O)CCCCCCC(=O)C(C)C. The van der Waals surface area contributed by atoms with Gasteiger partial charge >= 0.3 is 0 Å². The zero-order valence-corrected chi connectivity index (χ0v) is 11.7. The molecule has 0 bridgehead atoms. The van der Waals surface area contributed by atoms with Crippen molar-refractivity contribution in [3.05, 3.63) is 0 Å². The number of nitrogens with one attached hydrogen (secondary N) is 1. The van der Waals surface area contributed by atoms with Crippen LogP contribution in [0.15, 0.2) is 0 Å². The minimum absolute atomic E-state index is 0.137. The Labute approximate surface area is 105 Å². The summed E-state index contributed by atoms with van der Waals surface area (Å²) >= 11 is 0. The van der Waals surface area contributed by atoms with Gasteiger partial charge in [0.25, 0.3) is 0 Å². The van der Waals surface area contributed by atoms with Crippen molar-refractivity contribution in [3.8, 4) is 0 Å². The summed E-state index contributed by atoms with van der Waals surface area (Å²) in [5, 5.41) is 2.87. The van der Waals surface area contributed by atoms with Crippen LogP contribution < -0.4 is 5.32 Å². The average Bonchev–Trinajstić information content (AvgIpc) is 2.21. The molecule has 0 heterocycles. The molecule has 0 aromatic heterocycles. The highest BCUT2D eigenvalue weighted by molar-refractivity contribution is 5.80. The monoisotopic (exact) mass is 241 g/mol. The maximum absolute atomic E-state index is 11.3. The van der Waals surface area contributed by atoms with Crippen molar-refractivity contribution >= 4 is 11.7 Å². The molecule has 0 aromatic carbocycles. The van der Waals surface area contributed by atoms with Crippen LogP contribution in [-0.4, -0.2) is 17.7 Å². The molecular formula is C14H27NO2. The number of ketones is 1. The molecule has 0 radical (unpaired) electrons. The minimum atomic E-state index is 0.137. The molecule has 1 amide bonds. The fraction of sp³-hybridized carbons (Fsp3) is 0.857. The molecular weight excluding hydrogens is 214 g/mol. The van der Waals surface area contributed by atoms with Crippen molar-refractivity contribution < 1.29 is 9.59 Å². The number of rotatable bonds is 9. The van der Waals surface area contributed by atoms with E-state index in [1.165, 1.54) is 0 Å². The van der Waals surface area contributed by atoms with Gasteiger partial charge in [0.2, 0.25) is 5.91 Å². The Balaban J connectivity index is 3.35. The van der Waals surface area contributed by atoms with E-state index in [4.69, 9.17) is 0 Å². The lowest BCUT2D eigenvalue weighted by molar-refractivity contribution is -0.122. The highest BCUT2D eigenvalue weighted by Crippen LogP contribution is 2.08. The summed E-state index contributed by atoms with van der Waals surface area (Å²) in [5.41, 5.74) is 0. The van der Waals surface area contributed by atoms with Gasteiger partial charge in [-0.3, -0.25) is 9.59 Å². The molecule has 0 aliphatic rings. The second-order valence-electron chi connectivity index (χ2n) is 5.26. The second-order valence-corrected chi connectivity index (χ2v) is 5.26. The third-order valence-corrected chi connectivity index (χ3v) is 2.67. The average molecular weight is 241 g/mol. The summed E-state index contributed by atoms with van der Waals surface area (Å²) in [7, 11) is 0. The molecule has 0 unspecified atom stereocenters. The molecule has 0 rings (SSSR count). The first kappa shape index (κ1) is 16.1. The molecule has 0 spiro atoms. The summed E-state index contributed by atoms with van der Waals surface area (Å²) in [6.45, 7) is 7.82. The van der Waals surface area contributed by atoms with Gasteiger partial charge in [-0.05, 0) is 26.7 Å². The Morgan fingerprint density at radius 3 is 1.88 bits per heavy atom. The molecule has 100 valence electrons. The zero-order chi connectivity index (χ0) is 13.3. The van der Waals surface area contributed by atoms with Gasteiger partial charge in [0.05, 0.1) is 0 Å². The molecule has 0 saturated heterocycles. The Kier molecular flexibility index (Phi) is 8.73. The summed E-state index contributed by atoms with van der Waals surface area (Å²) in [4.78, 5) is 22.7. The molecule has 0 saturated carbocycles. The van der Waals surface area contributed by atoms with E-state index in [2.05, 4.69) is 5.32 Å². The van der Waals surface area contributed by atoms with Gasteiger partial charge in [-0.25, -0.2) is 0 Å². The molecule has 1 N–H and O–H groups in total. The number of unbranched alkanes of at least 4 members (excludes halogenated alkanes) is 3. The lowest BCUT2D eigenvalue weighted by atomic mass is 10.0. The molecule has 3 nitrogen and oxygen atoms in total.